The third-order valence-electron chi connectivity index (χ3n) is 4.03. The van der Waals surface area contributed by atoms with Gasteiger partial charge in [0.05, 0.1) is 0 Å². The van der Waals surface area contributed by atoms with Crippen molar-refractivity contribution in [1.82, 2.24) is 15.1 Å². The fraction of sp³-hybridized carbons (Fsp3) is 0.857. The maximum absolute atomic E-state index is 11.8. The van der Waals surface area contributed by atoms with E-state index in [-0.39, 0.29) is 11.9 Å². The van der Waals surface area contributed by atoms with Gasteiger partial charge in [0, 0.05) is 40.2 Å². The summed E-state index contributed by atoms with van der Waals surface area (Å²) >= 11 is 0. The molecule has 1 aliphatic carbocycles. The highest BCUT2D eigenvalue weighted by atomic mass is 16.2. The van der Waals surface area contributed by atoms with E-state index >= 15 is 0 Å². The molecule has 108 valence electrons. The zero-order chi connectivity index (χ0) is 13.8. The summed E-state index contributed by atoms with van der Waals surface area (Å²) in [6.07, 6.45) is 5.13. The molecule has 1 N–H and O–H groups in total. The molecule has 1 saturated heterocycles. The average Bonchev–Trinajstić information content (AvgIpc) is 3.20. The van der Waals surface area contributed by atoms with Crippen LogP contribution < -0.4 is 5.32 Å². The van der Waals surface area contributed by atoms with Crippen LogP contribution in [0.25, 0.3) is 0 Å². The quantitative estimate of drug-likeness (QED) is 0.834. The van der Waals surface area contributed by atoms with Crippen LogP contribution in [0, 0.1) is 11.8 Å². The van der Waals surface area contributed by atoms with E-state index in [9.17, 15) is 9.59 Å². The van der Waals surface area contributed by atoms with Crippen molar-refractivity contribution < 1.29 is 9.59 Å². The molecule has 1 aliphatic heterocycles. The molecule has 0 unspecified atom stereocenters. The molecule has 0 atom stereocenters. The van der Waals surface area contributed by atoms with Gasteiger partial charge >= 0.3 is 6.03 Å². The standard InChI is InChI=1S/C14H25N3O2/c1-16(2)14(19)17-7-5-12(6-8-17)10-15-13(18)9-11-3-4-11/h11-12H,3-10H2,1-2H3,(H,15,18). The van der Waals surface area contributed by atoms with Gasteiger partial charge in [-0.2, -0.15) is 0 Å². The van der Waals surface area contributed by atoms with Crippen LogP contribution in [0.4, 0.5) is 4.79 Å². The van der Waals surface area contributed by atoms with E-state index in [1.54, 1.807) is 19.0 Å². The highest BCUT2D eigenvalue weighted by molar-refractivity contribution is 5.76. The molecule has 0 bridgehead atoms. The van der Waals surface area contributed by atoms with Crippen molar-refractivity contribution in [2.24, 2.45) is 11.8 Å². The number of piperidine rings is 1. The average molecular weight is 267 g/mol. The Labute approximate surface area is 115 Å². The van der Waals surface area contributed by atoms with E-state index in [1.165, 1.54) is 12.8 Å². The zero-order valence-electron chi connectivity index (χ0n) is 12.0. The molecule has 0 aromatic carbocycles. The summed E-state index contributed by atoms with van der Waals surface area (Å²) in [6.45, 7) is 2.38. The molecule has 0 aromatic heterocycles. The van der Waals surface area contributed by atoms with Crippen LogP contribution in [-0.4, -0.2) is 55.5 Å². The molecule has 2 aliphatic rings. The Bertz CT molecular complexity index is 332. The van der Waals surface area contributed by atoms with Gasteiger partial charge in [-0.1, -0.05) is 0 Å². The Morgan fingerprint density at radius 1 is 1.11 bits per heavy atom. The fourth-order valence-corrected chi connectivity index (χ4v) is 2.53. The molecule has 0 spiro atoms. The number of carbonyl (C=O) groups excluding carboxylic acids is 2. The number of rotatable bonds is 4. The molecule has 0 aromatic rings. The first kappa shape index (κ1) is 14.2. The first-order valence-electron chi connectivity index (χ1n) is 7.29. The van der Waals surface area contributed by atoms with E-state index in [1.807, 2.05) is 4.90 Å². The number of nitrogens with zero attached hydrogens (tertiary/aromatic N) is 2. The van der Waals surface area contributed by atoms with Crippen LogP contribution in [0.5, 0.6) is 0 Å². The summed E-state index contributed by atoms with van der Waals surface area (Å²) in [5.74, 6) is 1.38. The molecular weight excluding hydrogens is 242 g/mol. The Morgan fingerprint density at radius 2 is 1.74 bits per heavy atom. The molecule has 1 saturated carbocycles. The molecule has 5 nitrogen and oxygen atoms in total. The SMILES string of the molecule is CN(C)C(=O)N1CCC(CNC(=O)CC2CC2)CC1. The monoisotopic (exact) mass is 267 g/mol. The molecule has 5 heteroatoms. The lowest BCUT2D eigenvalue weighted by atomic mass is 9.97. The zero-order valence-corrected chi connectivity index (χ0v) is 12.0. The van der Waals surface area contributed by atoms with Gasteiger partial charge in [-0.25, -0.2) is 4.79 Å². The molecule has 1 heterocycles. The fourth-order valence-electron chi connectivity index (χ4n) is 2.53. The van der Waals surface area contributed by atoms with Crippen LogP contribution in [-0.2, 0) is 4.79 Å². The molecule has 3 amide bonds. The van der Waals surface area contributed by atoms with Crippen molar-refractivity contribution in [2.75, 3.05) is 33.7 Å². The highest BCUT2D eigenvalue weighted by Crippen LogP contribution is 2.32. The van der Waals surface area contributed by atoms with Crippen LogP contribution in [0.1, 0.15) is 32.1 Å². The summed E-state index contributed by atoms with van der Waals surface area (Å²) < 4.78 is 0. The summed E-state index contributed by atoms with van der Waals surface area (Å²) in [7, 11) is 3.57. The Morgan fingerprint density at radius 3 is 2.26 bits per heavy atom. The number of hydrogen-bond acceptors (Lipinski definition) is 2. The molecule has 2 fully saturated rings. The van der Waals surface area contributed by atoms with Gasteiger partial charge in [-0.05, 0) is 37.5 Å². The van der Waals surface area contributed by atoms with Gasteiger partial charge in [-0.3, -0.25) is 4.79 Å². The van der Waals surface area contributed by atoms with E-state index in [0.29, 0.717) is 18.3 Å². The Hall–Kier alpha value is -1.26. The number of carbonyl (C=O) groups is 2. The normalized spacial score (nSPS) is 20.2. The second kappa shape index (κ2) is 6.26. The van der Waals surface area contributed by atoms with Crippen molar-refractivity contribution in [3.63, 3.8) is 0 Å². The molecule has 19 heavy (non-hydrogen) atoms. The number of nitrogens with one attached hydrogen (secondary N) is 1. The number of likely N-dealkylation sites (tertiary alicyclic amines) is 1. The summed E-state index contributed by atoms with van der Waals surface area (Å²) in [6, 6.07) is 0.0937. The predicted molar refractivity (Wildman–Crippen MR) is 73.7 cm³/mol. The smallest absolute Gasteiger partial charge is 0.319 e. The van der Waals surface area contributed by atoms with E-state index in [2.05, 4.69) is 5.32 Å². The lowest BCUT2D eigenvalue weighted by Crippen LogP contribution is -2.45. The van der Waals surface area contributed by atoms with Gasteiger partial charge in [0.25, 0.3) is 0 Å². The first-order valence-corrected chi connectivity index (χ1v) is 7.29. The maximum Gasteiger partial charge on any atom is 0.319 e. The van der Waals surface area contributed by atoms with E-state index < -0.39 is 0 Å². The number of urea groups is 1. The van der Waals surface area contributed by atoms with Gasteiger partial charge in [0.15, 0.2) is 0 Å². The Balaban J connectivity index is 1.62. The van der Waals surface area contributed by atoms with Crippen LogP contribution in [0.2, 0.25) is 0 Å². The van der Waals surface area contributed by atoms with Crippen molar-refractivity contribution in [3.05, 3.63) is 0 Å². The second-order valence-electron chi connectivity index (χ2n) is 6.06. The molecule has 0 radical (unpaired) electrons. The predicted octanol–water partition coefficient (Wildman–Crippen LogP) is 1.30. The lowest BCUT2D eigenvalue weighted by molar-refractivity contribution is -0.121. The van der Waals surface area contributed by atoms with E-state index in [4.69, 9.17) is 0 Å². The van der Waals surface area contributed by atoms with E-state index in [0.717, 1.165) is 32.5 Å². The first-order chi connectivity index (χ1) is 9.06. The number of hydrogen-bond donors (Lipinski definition) is 1. The number of amides is 3. The second-order valence-corrected chi connectivity index (χ2v) is 6.06. The molecule has 2 rings (SSSR count). The third kappa shape index (κ3) is 4.40. The third-order valence-corrected chi connectivity index (χ3v) is 4.03. The highest BCUT2D eigenvalue weighted by Gasteiger charge is 2.26. The molecular formula is C14H25N3O2. The van der Waals surface area contributed by atoms with Crippen LogP contribution in [0.3, 0.4) is 0 Å². The van der Waals surface area contributed by atoms with Gasteiger partial charge in [-0.15, -0.1) is 0 Å². The minimum atomic E-state index is 0.0937. The van der Waals surface area contributed by atoms with Gasteiger partial charge < -0.3 is 15.1 Å². The maximum atomic E-state index is 11.8. The van der Waals surface area contributed by atoms with Gasteiger partial charge in [0.2, 0.25) is 5.91 Å². The van der Waals surface area contributed by atoms with Crippen molar-refractivity contribution >= 4 is 11.9 Å². The summed E-state index contributed by atoms with van der Waals surface area (Å²) in [5.41, 5.74) is 0. The van der Waals surface area contributed by atoms with Crippen molar-refractivity contribution in [3.8, 4) is 0 Å². The Kier molecular flexibility index (Phi) is 4.66. The summed E-state index contributed by atoms with van der Waals surface area (Å²) in [5, 5.41) is 3.04. The minimum absolute atomic E-state index is 0.0937. The minimum Gasteiger partial charge on any atom is -0.356 e. The van der Waals surface area contributed by atoms with Crippen LogP contribution in [0.15, 0.2) is 0 Å². The van der Waals surface area contributed by atoms with Crippen LogP contribution >= 0.6 is 0 Å². The summed E-state index contributed by atoms with van der Waals surface area (Å²) in [4.78, 5) is 26.9. The van der Waals surface area contributed by atoms with Crippen molar-refractivity contribution in [2.45, 2.75) is 32.1 Å². The van der Waals surface area contributed by atoms with Gasteiger partial charge in [0.1, 0.15) is 0 Å². The topological polar surface area (TPSA) is 52.7 Å². The van der Waals surface area contributed by atoms with Crippen molar-refractivity contribution in [1.29, 1.82) is 0 Å². The largest absolute Gasteiger partial charge is 0.356 e. The lowest BCUT2D eigenvalue weighted by Gasteiger charge is -2.33.